The number of likely N-dealkylation sites (N-methyl/N-ethyl adjacent to an activating group) is 1. The Bertz CT molecular complexity index is 777. The molecular weight excluding hydrogens is 330 g/mol. The van der Waals surface area contributed by atoms with Crippen molar-refractivity contribution in [2.75, 3.05) is 26.8 Å². The Labute approximate surface area is 154 Å². The highest BCUT2D eigenvalue weighted by atomic mass is 16.5. The van der Waals surface area contributed by atoms with Crippen LogP contribution in [0, 0.1) is 0 Å². The summed E-state index contributed by atoms with van der Waals surface area (Å²) in [6, 6.07) is 8.06. The molecule has 0 radical (unpaired) electrons. The maximum Gasteiger partial charge on any atom is 0.289 e. The highest BCUT2D eigenvalue weighted by Crippen LogP contribution is 2.30. The first-order chi connectivity index (χ1) is 12.4. The smallest absolute Gasteiger partial charge is 0.289 e. The second-order valence-electron chi connectivity index (χ2n) is 7.60. The number of benzene rings is 1. The lowest BCUT2D eigenvalue weighted by Crippen LogP contribution is -2.34. The minimum absolute atomic E-state index is 0.00922. The van der Waals surface area contributed by atoms with E-state index in [1.54, 1.807) is 18.1 Å². The first-order valence-corrected chi connectivity index (χ1v) is 8.98. The van der Waals surface area contributed by atoms with Crippen LogP contribution in [0.4, 0.5) is 0 Å². The fourth-order valence-electron chi connectivity index (χ4n) is 3.06. The molecule has 140 valence electrons. The SMILES string of the molecule is CN(CCOc1ccccc1C(C)(C)C)C(=O)c1ncc2n1CCOC2. The van der Waals surface area contributed by atoms with Gasteiger partial charge in [0.1, 0.15) is 12.4 Å². The van der Waals surface area contributed by atoms with Gasteiger partial charge in [-0.25, -0.2) is 4.98 Å². The Morgan fingerprint density at radius 2 is 2.12 bits per heavy atom. The van der Waals surface area contributed by atoms with E-state index in [4.69, 9.17) is 9.47 Å². The number of rotatable bonds is 5. The van der Waals surface area contributed by atoms with Crippen molar-refractivity contribution >= 4 is 5.91 Å². The Morgan fingerprint density at radius 3 is 2.88 bits per heavy atom. The van der Waals surface area contributed by atoms with Crippen LogP contribution in [-0.2, 0) is 23.3 Å². The van der Waals surface area contributed by atoms with Gasteiger partial charge in [0.2, 0.25) is 0 Å². The summed E-state index contributed by atoms with van der Waals surface area (Å²) in [6.45, 7) is 9.21. The number of hydrogen-bond donors (Lipinski definition) is 0. The molecule has 1 aliphatic rings. The molecule has 26 heavy (non-hydrogen) atoms. The summed E-state index contributed by atoms with van der Waals surface area (Å²) in [5.74, 6) is 1.25. The van der Waals surface area contributed by atoms with Crippen LogP contribution in [-0.4, -0.2) is 47.2 Å². The molecule has 1 aromatic heterocycles. The second-order valence-corrected chi connectivity index (χ2v) is 7.60. The zero-order valence-corrected chi connectivity index (χ0v) is 16.0. The Balaban J connectivity index is 1.61. The van der Waals surface area contributed by atoms with Crippen molar-refractivity contribution in [1.29, 1.82) is 0 Å². The number of imidazole rings is 1. The summed E-state index contributed by atoms with van der Waals surface area (Å²) in [5, 5.41) is 0. The third-order valence-electron chi connectivity index (χ3n) is 4.56. The maximum atomic E-state index is 12.7. The van der Waals surface area contributed by atoms with Crippen LogP contribution in [0.5, 0.6) is 5.75 Å². The molecule has 3 rings (SSSR count). The van der Waals surface area contributed by atoms with Gasteiger partial charge in [-0.3, -0.25) is 4.79 Å². The van der Waals surface area contributed by atoms with Crippen molar-refractivity contribution in [2.24, 2.45) is 0 Å². The molecule has 0 bridgehead atoms. The van der Waals surface area contributed by atoms with Gasteiger partial charge in [-0.2, -0.15) is 0 Å². The third-order valence-corrected chi connectivity index (χ3v) is 4.56. The van der Waals surface area contributed by atoms with E-state index in [9.17, 15) is 4.79 Å². The summed E-state index contributed by atoms with van der Waals surface area (Å²) in [7, 11) is 1.78. The molecule has 1 amide bonds. The quantitative estimate of drug-likeness (QED) is 0.826. The minimum Gasteiger partial charge on any atom is -0.491 e. The Kier molecular flexibility index (Phi) is 5.32. The van der Waals surface area contributed by atoms with Crippen LogP contribution in [0.15, 0.2) is 30.5 Å². The molecule has 0 aliphatic carbocycles. The lowest BCUT2D eigenvalue weighted by atomic mass is 9.86. The fourth-order valence-corrected chi connectivity index (χ4v) is 3.06. The van der Waals surface area contributed by atoms with Gasteiger partial charge in [-0.05, 0) is 17.0 Å². The van der Waals surface area contributed by atoms with Crippen LogP contribution in [0.3, 0.4) is 0 Å². The summed E-state index contributed by atoms with van der Waals surface area (Å²) in [5.41, 5.74) is 2.12. The molecule has 0 unspecified atom stereocenters. The standard InChI is InChI=1S/C20H27N3O3/c1-20(2,3)16-7-5-6-8-17(16)26-12-9-22(4)19(24)18-21-13-15-14-25-11-10-23(15)18/h5-8,13H,9-12,14H2,1-4H3. The third kappa shape index (κ3) is 3.90. The number of fused-ring (bicyclic) bond motifs is 1. The minimum atomic E-state index is -0.0918. The molecular formula is C20H27N3O3. The number of para-hydroxylation sites is 1. The molecule has 2 aromatic rings. The first kappa shape index (κ1) is 18.5. The van der Waals surface area contributed by atoms with Gasteiger partial charge in [0.05, 0.1) is 31.6 Å². The average molecular weight is 357 g/mol. The van der Waals surface area contributed by atoms with Crippen LogP contribution in [0.25, 0.3) is 0 Å². The number of amides is 1. The van der Waals surface area contributed by atoms with E-state index in [0.717, 1.165) is 17.0 Å². The van der Waals surface area contributed by atoms with Gasteiger partial charge in [0.25, 0.3) is 5.91 Å². The molecule has 0 fully saturated rings. The van der Waals surface area contributed by atoms with Crippen molar-refractivity contribution in [1.82, 2.24) is 14.5 Å². The van der Waals surface area contributed by atoms with Crippen LogP contribution < -0.4 is 4.74 Å². The van der Waals surface area contributed by atoms with Crippen LogP contribution >= 0.6 is 0 Å². The normalized spacial score (nSPS) is 14.0. The van der Waals surface area contributed by atoms with Crippen molar-refractivity contribution in [3.8, 4) is 5.75 Å². The Hall–Kier alpha value is -2.34. The zero-order valence-electron chi connectivity index (χ0n) is 16.0. The highest BCUT2D eigenvalue weighted by Gasteiger charge is 2.23. The van der Waals surface area contributed by atoms with E-state index < -0.39 is 0 Å². The molecule has 1 aliphatic heterocycles. The number of carbonyl (C=O) groups excluding carboxylic acids is 1. The van der Waals surface area contributed by atoms with E-state index in [0.29, 0.717) is 38.7 Å². The van der Waals surface area contributed by atoms with Crippen molar-refractivity contribution in [3.05, 3.63) is 47.5 Å². The molecule has 2 heterocycles. The molecule has 0 saturated carbocycles. The van der Waals surface area contributed by atoms with Gasteiger partial charge in [-0.15, -0.1) is 0 Å². The number of aromatic nitrogens is 2. The summed E-state index contributed by atoms with van der Waals surface area (Å²) in [6.07, 6.45) is 1.72. The lowest BCUT2D eigenvalue weighted by Gasteiger charge is -2.24. The van der Waals surface area contributed by atoms with Crippen LogP contribution in [0.2, 0.25) is 0 Å². The second kappa shape index (κ2) is 7.50. The van der Waals surface area contributed by atoms with Gasteiger partial charge in [0, 0.05) is 13.6 Å². The molecule has 0 saturated heterocycles. The predicted octanol–water partition coefficient (Wildman–Crippen LogP) is 2.86. The number of ether oxygens (including phenoxy) is 2. The lowest BCUT2D eigenvalue weighted by molar-refractivity contribution is 0.0705. The molecule has 0 atom stereocenters. The molecule has 0 spiro atoms. The number of nitrogens with zero attached hydrogens (tertiary/aromatic N) is 3. The largest absolute Gasteiger partial charge is 0.491 e. The topological polar surface area (TPSA) is 56.6 Å². The van der Waals surface area contributed by atoms with Gasteiger partial charge >= 0.3 is 0 Å². The molecule has 1 aromatic carbocycles. The van der Waals surface area contributed by atoms with E-state index in [-0.39, 0.29) is 11.3 Å². The summed E-state index contributed by atoms with van der Waals surface area (Å²) >= 11 is 0. The average Bonchev–Trinajstić information content (AvgIpc) is 3.04. The maximum absolute atomic E-state index is 12.7. The number of carbonyl (C=O) groups is 1. The van der Waals surface area contributed by atoms with Crippen molar-refractivity contribution < 1.29 is 14.3 Å². The van der Waals surface area contributed by atoms with E-state index in [1.807, 2.05) is 22.8 Å². The summed E-state index contributed by atoms with van der Waals surface area (Å²) < 4.78 is 13.3. The highest BCUT2D eigenvalue weighted by molar-refractivity contribution is 5.90. The molecule has 6 nitrogen and oxygen atoms in total. The number of hydrogen-bond acceptors (Lipinski definition) is 4. The molecule has 0 N–H and O–H groups in total. The van der Waals surface area contributed by atoms with E-state index in [2.05, 4.69) is 31.8 Å². The Morgan fingerprint density at radius 1 is 1.35 bits per heavy atom. The van der Waals surface area contributed by atoms with Gasteiger partial charge in [0.15, 0.2) is 5.82 Å². The van der Waals surface area contributed by atoms with E-state index in [1.165, 1.54) is 0 Å². The van der Waals surface area contributed by atoms with Crippen molar-refractivity contribution in [2.45, 2.75) is 39.3 Å². The van der Waals surface area contributed by atoms with Crippen molar-refractivity contribution in [3.63, 3.8) is 0 Å². The van der Waals surface area contributed by atoms with E-state index >= 15 is 0 Å². The molecule has 6 heteroatoms. The van der Waals surface area contributed by atoms with Gasteiger partial charge < -0.3 is 18.9 Å². The zero-order chi connectivity index (χ0) is 18.7. The van der Waals surface area contributed by atoms with Crippen LogP contribution in [0.1, 0.15) is 42.6 Å². The monoisotopic (exact) mass is 357 g/mol. The fraction of sp³-hybridized carbons (Fsp3) is 0.500. The summed E-state index contributed by atoms with van der Waals surface area (Å²) in [4.78, 5) is 18.6. The predicted molar refractivity (Wildman–Crippen MR) is 99.5 cm³/mol. The first-order valence-electron chi connectivity index (χ1n) is 8.98. The van der Waals surface area contributed by atoms with Gasteiger partial charge in [-0.1, -0.05) is 39.0 Å².